The van der Waals surface area contributed by atoms with Crippen LogP contribution in [0, 0.1) is 5.92 Å². The highest BCUT2D eigenvalue weighted by molar-refractivity contribution is 6.28. The molecule has 6 nitrogen and oxygen atoms in total. The first-order valence-corrected chi connectivity index (χ1v) is 4.41. The molecule has 4 N–H and O–H groups in total. The molecule has 0 aromatic rings. The highest BCUT2D eigenvalue weighted by atomic mass is 16.3. The first kappa shape index (κ1) is 13.7. The molecule has 0 aliphatic rings. The van der Waals surface area contributed by atoms with Crippen molar-refractivity contribution in [1.82, 2.24) is 0 Å². The van der Waals surface area contributed by atoms with Gasteiger partial charge in [-0.05, 0) is 6.92 Å². The number of ketones is 1. The fourth-order valence-electron chi connectivity index (χ4n) is 1.00. The Bertz CT molecular complexity index is 274. The number of primary amides is 1. The number of hydrogen-bond donors (Lipinski definition) is 3. The number of hydrogen-bond acceptors (Lipinski definition) is 5. The zero-order valence-corrected chi connectivity index (χ0v) is 8.64. The molecule has 0 heterocycles. The molecule has 2 unspecified atom stereocenters. The van der Waals surface area contributed by atoms with Crippen molar-refractivity contribution < 1.29 is 24.6 Å². The minimum absolute atomic E-state index is 0.0261. The number of rotatable bonds is 6. The number of nitrogens with two attached hydrogens (primary N) is 1. The van der Waals surface area contributed by atoms with Crippen LogP contribution in [-0.2, 0) is 14.4 Å². The van der Waals surface area contributed by atoms with E-state index in [1.54, 1.807) is 0 Å². The van der Waals surface area contributed by atoms with Crippen LogP contribution < -0.4 is 5.73 Å². The summed E-state index contributed by atoms with van der Waals surface area (Å²) in [4.78, 5) is 31.8. The number of aliphatic hydroxyl groups excluding tert-OH is 1. The van der Waals surface area contributed by atoms with Crippen LogP contribution in [0.3, 0.4) is 0 Å². The van der Waals surface area contributed by atoms with E-state index in [2.05, 4.69) is 0 Å². The Kier molecular flexibility index (Phi) is 4.57. The first-order valence-electron chi connectivity index (χ1n) is 4.41. The lowest BCUT2D eigenvalue weighted by Crippen LogP contribution is -2.43. The second-order valence-corrected chi connectivity index (χ2v) is 3.72. The Morgan fingerprint density at radius 1 is 1.53 bits per heavy atom. The third-order valence-corrected chi connectivity index (χ3v) is 2.27. The van der Waals surface area contributed by atoms with E-state index in [1.807, 2.05) is 0 Å². The number of carbonyl (C=O) groups is 3. The van der Waals surface area contributed by atoms with Gasteiger partial charge in [0.15, 0.2) is 6.29 Å². The maximum absolute atomic E-state index is 10.9. The Labute approximate surface area is 87.1 Å². The van der Waals surface area contributed by atoms with Crippen LogP contribution in [0.1, 0.15) is 20.3 Å². The van der Waals surface area contributed by atoms with Gasteiger partial charge in [-0.2, -0.15) is 0 Å². The summed E-state index contributed by atoms with van der Waals surface area (Å²) in [7, 11) is 0. The van der Waals surface area contributed by atoms with Gasteiger partial charge in [-0.1, -0.05) is 6.92 Å². The summed E-state index contributed by atoms with van der Waals surface area (Å²) in [6.07, 6.45) is -1.70. The van der Waals surface area contributed by atoms with Gasteiger partial charge in [0.25, 0.3) is 0 Å². The third kappa shape index (κ3) is 3.77. The van der Waals surface area contributed by atoms with Crippen molar-refractivity contribution in [1.29, 1.82) is 0 Å². The summed E-state index contributed by atoms with van der Waals surface area (Å²) in [5.41, 5.74) is 2.96. The molecule has 0 aromatic heterocycles. The molecule has 0 fully saturated rings. The molecule has 0 aliphatic heterocycles. The molecule has 15 heavy (non-hydrogen) atoms. The quantitative estimate of drug-likeness (QED) is 0.365. The predicted octanol–water partition coefficient (Wildman–Crippen LogP) is -1.62. The zero-order valence-electron chi connectivity index (χ0n) is 8.64. The number of Topliss-reactive ketones (excluding diaryl/α,β-unsaturated/α-hetero) is 1. The van der Waals surface area contributed by atoms with E-state index in [1.165, 1.54) is 6.92 Å². The molecule has 1 amide bonds. The van der Waals surface area contributed by atoms with Crippen LogP contribution in [0.4, 0.5) is 0 Å². The molecule has 0 saturated carbocycles. The lowest BCUT2D eigenvalue weighted by molar-refractivity contribution is -0.145. The lowest BCUT2D eigenvalue weighted by Gasteiger charge is -2.24. The fourth-order valence-corrected chi connectivity index (χ4v) is 1.00. The minimum Gasteiger partial charge on any atom is -0.392 e. The van der Waals surface area contributed by atoms with Crippen molar-refractivity contribution in [2.75, 3.05) is 0 Å². The van der Waals surface area contributed by atoms with Gasteiger partial charge in [0.1, 0.15) is 5.60 Å². The number of aldehydes is 1. The topological polar surface area (TPSA) is 118 Å². The Balaban J connectivity index is 4.52. The van der Waals surface area contributed by atoms with Gasteiger partial charge >= 0.3 is 0 Å². The minimum atomic E-state index is -1.97. The van der Waals surface area contributed by atoms with E-state index >= 15 is 0 Å². The van der Waals surface area contributed by atoms with Crippen LogP contribution in [0.2, 0.25) is 0 Å². The number of aliphatic hydroxyl groups is 2. The highest BCUT2D eigenvalue weighted by Gasteiger charge is 2.35. The van der Waals surface area contributed by atoms with E-state index in [-0.39, 0.29) is 6.29 Å². The molecule has 0 aromatic carbocycles. The normalized spacial score (nSPS) is 18.7. The smallest absolute Gasteiger partial charge is 0.226 e. The standard InChI is InChI=1S/C9H15NO5/c1-5(8(10)14)6(12)3-9(2,15)7(13)4-11/h4-6,12,15H,3H2,1-2H3,(H2,10,14)/t5?,6?,9-/m0/s1. The van der Waals surface area contributed by atoms with Gasteiger partial charge in [-0.15, -0.1) is 0 Å². The SMILES string of the molecule is CC(C(N)=O)C(O)C[C@](C)(O)C(=O)C=O. The van der Waals surface area contributed by atoms with Crippen LogP contribution >= 0.6 is 0 Å². The summed E-state index contributed by atoms with van der Waals surface area (Å²) < 4.78 is 0. The first-order chi connectivity index (χ1) is 6.72. The van der Waals surface area contributed by atoms with Gasteiger partial charge in [0, 0.05) is 6.42 Å². The molecule has 0 bridgehead atoms. The summed E-state index contributed by atoms with van der Waals surface area (Å²) in [6.45, 7) is 2.47. The molecule has 0 saturated heterocycles. The average Bonchev–Trinajstić information content (AvgIpc) is 2.14. The number of amides is 1. The van der Waals surface area contributed by atoms with Crippen molar-refractivity contribution in [2.24, 2.45) is 11.7 Å². The maximum Gasteiger partial charge on any atom is 0.226 e. The molecule has 0 aliphatic carbocycles. The van der Waals surface area contributed by atoms with Crippen molar-refractivity contribution in [3.63, 3.8) is 0 Å². The Hall–Kier alpha value is -1.27. The molecule has 0 spiro atoms. The van der Waals surface area contributed by atoms with Crippen LogP contribution in [0.15, 0.2) is 0 Å². The molecule has 0 rings (SSSR count). The third-order valence-electron chi connectivity index (χ3n) is 2.27. The second-order valence-electron chi connectivity index (χ2n) is 3.72. The Morgan fingerprint density at radius 3 is 2.33 bits per heavy atom. The van der Waals surface area contributed by atoms with Crippen LogP contribution in [-0.4, -0.2) is 39.9 Å². The average molecular weight is 217 g/mol. The van der Waals surface area contributed by atoms with E-state index in [9.17, 15) is 24.6 Å². The van der Waals surface area contributed by atoms with Gasteiger partial charge in [-0.25, -0.2) is 0 Å². The van der Waals surface area contributed by atoms with Crippen LogP contribution in [0.5, 0.6) is 0 Å². The van der Waals surface area contributed by atoms with Crippen molar-refractivity contribution in [3.05, 3.63) is 0 Å². The van der Waals surface area contributed by atoms with Crippen molar-refractivity contribution in [3.8, 4) is 0 Å². The molecule has 0 radical (unpaired) electrons. The van der Waals surface area contributed by atoms with Crippen LogP contribution in [0.25, 0.3) is 0 Å². The molecule has 6 heteroatoms. The van der Waals surface area contributed by atoms with Crippen molar-refractivity contribution >= 4 is 18.0 Å². The maximum atomic E-state index is 10.9. The van der Waals surface area contributed by atoms with Gasteiger partial charge in [-0.3, -0.25) is 14.4 Å². The second kappa shape index (κ2) is 4.99. The largest absolute Gasteiger partial charge is 0.392 e. The summed E-state index contributed by atoms with van der Waals surface area (Å²) in [6, 6.07) is 0. The van der Waals surface area contributed by atoms with Gasteiger partial charge < -0.3 is 15.9 Å². The van der Waals surface area contributed by atoms with Gasteiger partial charge in [0.2, 0.25) is 11.7 Å². The van der Waals surface area contributed by atoms with E-state index in [0.29, 0.717) is 0 Å². The zero-order chi connectivity index (χ0) is 12.2. The predicted molar refractivity (Wildman–Crippen MR) is 50.7 cm³/mol. The monoisotopic (exact) mass is 217 g/mol. The summed E-state index contributed by atoms with van der Waals surface area (Å²) >= 11 is 0. The lowest BCUT2D eigenvalue weighted by atomic mass is 9.89. The summed E-state index contributed by atoms with van der Waals surface area (Å²) in [5, 5.41) is 18.9. The highest BCUT2D eigenvalue weighted by Crippen LogP contribution is 2.17. The molecular weight excluding hydrogens is 202 g/mol. The van der Waals surface area contributed by atoms with Crippen molar-refractivity contribution in [2.45, 2.75) is 32.0 Å². The Morgan fingerprint density at radius 2 is 2.00 bits per heavy atom. The van der Waals surface area contributed by atoms with E-state index in [4.69, 9.17) is 5.73 Å². The molecular formula is C9H15NO5. The van der Waals surface area contributed by atoms with Gasteiger partial charge in [0.05, 0.1) is 12.0 Å². The fraction of sp³-hybridized carbons (Fsp3) is 0.667. The molecule has 86 valence electrons. The van der Waals surface area contributed by atoms with E-state index in [0.717, 1.165) is 6.92 Å². The molecule has 3 atom stereocenters. The number of carbonyl (C=O) groups excluding carboxylic acids is 3. The summed E-state index contributed by atoms with van der Waals surface area (Å²) in [5.74, 6) is -2.68. The van der Waals surface area contributed by atoms with E-state index < -0.39 is 35.7 Å².